The Hall–Kier alpha value is -8.12. The van der Waals surface area contributed by atoms with E-state index >= 15 is 0 Å². The van der Waals surface area contributed by atoms with Gasteiger partial charge in [0.05, 0.1) is 44.8 Å². The van der Waals surface area contributed by atoms with Gasteiger partial charge in [0.25, 0.3) is 0 Å². The van der Waals surface area contributed by atoms with E-state index in [4.69, 9.17) is 32.9 Å². The molecular weight excluding hydrogens is 832 g/mol. The second kappa shape index (κ2) is 16.4. The molecular formula is C50H38MnN8O4. The van der Waals surface area contributed by atoms with Crippen molar-refractivity contribution in [2.24, 2.45) is 37.0 Å². The van der Waals surface area contributed by atoms with Gasteiger partial charge in [-0.05, 0) is 119 Å². The molecule has 5 heterocycles. The van der Waals surface area contributed by atoms with Crippen molar-refractivity contribution in [2.45, 2.75) is 0 Å². The molecule has 3 aromatic heterocycles. The maximum atomic E-state index is 12.2. The predicted molar refractivity (Wildman–Crippen MR) is 244 cm³/mol. The Labute approximate surface area is 371 Å². The summed E-state index contributed by atoms with van der Waals surface area (Å²) in [6.45, 7) is 0. The third-order valence-corrected chi connectivity index (χ3v) is 11.4. The van der Waals surface area contributed by atoms with Crippen LogP contribution in [-0.2, 0) is 31.2 Å². The summed E-state index contributed by atoms with van der Waals surface area (Å²) in [4.78, 5) is 59.3. The summed E-state index contributed by atoms with van der Waals surface area (Å²) in [5, 5.41) is 0. The van der Waals surface area contributed by atoms with E-state index in [1.54, 1.807) is 48.5 Å². The zero-order chi connectivity index (χ0) is 43.4. The van der Waals surface area contributed by atoms with Crippen LogP contribution in [0.1, 0.15) is 64.2 Å². The molecule has 2 aliphatic heterocycles. The van der Waals surface area contributed by atoms with Crippen molar-refractivity contribution in [2.75, 3.05) is 0 Å². The minimum absolute atomic E-state index is 0. The summed E-state index contributed by atoms with van der Waals surface area (Å²) in [5.74, 6) is -2.15. The maximum Gasteiger partial charge on any atom is 0.248 e. The van der Waals surface area contributed by atoms with E-state index in [1.165, 1.54) is 0 Å². The van der Waals surface area contributed by atoms with E-state index < -0.39 is 23.6 Å². The van der Waals surface area contributed by atoms with Gasteiger partial charge in [0.1, 0.15) is 0 Å². The number of benzene rings is 4. The fraction of sp³-hybridized carbons (Fsp3) is 0.0400. The minimum Gasteiger partial charge on any atom is -0.366 e. The standard InChI is InChI=1S/C50H38N8O4.Mn/c1-57-39-23-24-40(57)44(28-5-13-32(14-6-28)48(52)60)36-20-22-38(56-36)46(30-9-17-34(18-10-30)50(54)62)42-26-25-41(58(42)2)45(29-7-15-33(16-8-29)49(53)61)37-21-19-35(55-37)43(39)27-3-11-31(12-4-27)47(51)59;/h3-26H,1-2H3,(H2,51,59)(H2,52,60)(H2,53,61)(H2,54,62);. The van der Waals surface area contributed by atoms with E-state index in [0.29, 0.717) is 45.0 Å². The number of amides is 4. The van der Waals surface area contributed by atoms with Crippen molar-refractivity contribution >= 4 is 70.0 Å². The van der Waals surface area contributed by atoms with Gasteiger partial charge in [-0.25, -0.2) is 9.97 Å². The van der Waals surface area contributed by atoms with Gasteiger partial charge < -0.3 is 32.1 Å². The SMILES string of the molecule is Cn1c2ccc1c(-c1ccc(C(N)=O)cc1)c1nc(c(-c3ccc(C(N)=O)cc3)c3ccc(c(-c4ccc(C(N)=O)cc4)c4nc(c2-c2ccc(C(N)=O)cc2)C=C4)n3C)C=C1.[Mn]. The number of nitrogens with zero attached hydrogens (tertiary/aromatic N) is 4. The van der Waals surface area contributed by atoms with Crippen LogP contribution in [-0.4, -0.2) is 42.7 Å². The number of rotatable bonds is 8. The zero-order valence-electron chi connectivity index (χ0n) is 34.0. The summed E-state index contributed by atoms with van der Waals surface area (Å²) < 4.78 is 4.15. The van der Waals surface area contributed by atoms with E-state index in [9.17, 15) is 19.2 Å². The Balaban J connectivity index is 0.00000544. The molecule has 0 unspecified atom stereocenters. The molecule has 0 fully saturated rings. The van der Waals surface area contributed by atoms with Crippen LogP contribution in [0.5, 0.6) is 0 Å². The first kappa shape index (κ1) is 41.6. The number of hydrogen-bond acceptors (Lipinski definition) is 6. The Kier molecular flexibility index (Phi) is 10.8. The number of primary amides is 4. The molecule has 63 heavy (non-hydrogen) atoms. The Morgan fingerprint density at radius 1 is 0.349 bits per heavy atom. The largest absolute Gasteiger partial charge is 0.366 e. The number of aryl methyl sites for hydroxylation is 2. The van der Waals surface area contributed by atoms with E-state index in [2.05, 4.69) is 9.13 Å². The van der Waals surface area contributed by atoms with Crippen LogP contribution in [0.25, 0.3) is 90.9 Å². The van der Waals surface area contributed by atoms with Crippen molar-refractivity contribution in [1.82, 2.24) is 19.1 Å². The fourth-order valence-corrected chi connectivity index (χ4v) is 8.22. The van der Waals surface area contributed by atoms with E-state index in [0.717, 1.165) is 66.6 Å². The smallest absolute Gasteiger partial charge is 0.248 e. The van der Waals surface area contributed by atoms with Gasteiger partial charge in [-0.1, -0.05) is 48.5 Å². The first-order chi connectivity index (χ1) is 29.9. The maximum absolute atomic E-state index is 12.2. The fourth-order valence-electron chi connectivity index (χ4n) is 8.22. The average Bonchev–Trinajstić information content (AvgIpc) is 4.09. The molecule has 309 valence electrons. The third-order valence-electron chi connectivity index (χ3n) is 11.4. The summed E-state index contributed by atoms with van der Waals surface area (Å²) in [5.41, 5.74) is 36.4. The van der Waals surface area contributed by atoms with Crippen LogP contribution in [0.4, 0.5) is 0 Å². The Bertz CT molecular complexity index is 2860. The average molecular weight is 870 g/mol. The van der Waals surface area contributed by atoms with Gasteiger partial charge >= 0.3 is 0 Å². The Morgan fingerprint density at radius 3 is 0.714 bits per heavy atom. The number of hydrogen-bond donors (Lipinski definition) is 4. The first-order valence-corrected chi connectivity index (χ1v) is 19.6. The van der Waals surface area contributed by atoms with Gasteiger partial charge in [0.2, 0.25) is 23.6 Å². The summed E-state index contributed by atoms with van der Waals surface area (Å²) in [6, 6.07) is 36.5. The molecule has 9 rings (SSSR count). The molecule has 7 aromatic rings. The second-order valence-corrected chi connectivity index (χ2v) is 15.0. The molecule has 4 amide bonds. The van der Waals surface area contributed by atoms with Gasteiger partial charge in [-0.3, -0.25) is 19.2 Å². The van der Waals surface area contributed by atoms with Crippen molar-refractivity contribution in [3.05, 3.63) is 166 Å². The van der Waals surface area contributed by atoms with Gasteiger partial charge in [-0.2, -0.15) is 0 Å². The molecule has 13 heteroatoms. The molecule has 0 saturated heterocycles. The molecule has 8 bridgehead atoms. The molecule has 12 nitrogen and oxygen atoms in total. The number of fused-ring (bicyclic) bond motifs is 8. The van der Waals surface area contributed by atoms with Crippen LogP contribution >= 0.6 is 0 Å². The number of carbonyl (C=O) groups is 4. The molecule has 0 spiro atoms. The molecule has 8 N–H and O–H groups in total. The molecule has 1 radical (unpaired) electrons. The summed E-state index contributed by atoms with van der Waals surface area (Å²) in [7, 11) is 3.94. The first-order valence-electron chi connectivity index (χ1n) is 19.6. The summed E-state index contributed by atoms with van der Waals surface area (Å²) >= 11 is 0. The van der Waals surface area contributed by atoms with Gasteiger partial charge in [-0.15, -0.1) is 0 Å². The predicted octanol–water partition coefficient (Wildman–Crippen LogP) is 7.74. The van der Waals surface area contributed by atoms with Crippen molar-refractivity contribution in [3.63, 3.8) is 0 Å². The van der Waals surface area contributed by atoms with Crippen LogP contribution < -0.4 is 22.9 Å². The molecule has 0 atom stereocenters. The molecule has 4 aromatic carbocycles. The van der Waals surface area contributed by atoms with E-state index in [1.807, 2.05) is 111 Å². The number of carbonyl (C=O) groups excluding carboxylic acids is 4. The third kappa shape index (κ3) is 7.41. The molecule has 0 saturated carbocycles. The number of nitrogens with two attached hydrogens (primary N) is 4. The van der Waals surface area contributed by atoms with Crippen molar-refractivity contribution < 1.29 is 36.2 Å². The van der Waals surface area contributed by atoms with Gasteiger partial charge in [0, 0.05) is 75.7 Å². The van der Waals surface area contributed by atoms with Crippen molar-refractivity contribution in [3.8, 4) is 44.5 Å². The quantitative estimate of drug-likeness (QED) is 0.112. The summed E-state index contributed by atoms with van der Waals surface area (Å²) in [6.07, 6.45) is 7.87. The van der Waals surface area contributed by atoms with Crippen LogP contribution in [0.15, 0.2) is 121 Å². The zero-order valence-corrected chi connectivity index (χ0v) is 35.1. The number of aromatic nitrogens is 4. The normalized spacial score (nSPS) is 11.6. The van der Waals surface area contributed by atoms with Crippen LogP contribution in [0.3, 0.4) is 0 Å². The van der Waals surface area contributed by atoms with Crippen LogP contribution in [0.2, 0.25) is 0 Å². The molecule has 2 aliphatic rings. The van der Waals surface area contributed by atoms with Crippen molar-refractivity contribution in [1.29, 1.82) is 0 Å². The Morgan fingerprint density at radius 2 is 0.540 bits per heavy atom. The topological polar surface area (TPSA) is 208 Å². The second-order valence-electron chi connectivity index (χ2n) is 15.0. The van der Waals surface area contributed by atoms with E-state index in [-0.39, 0.29) is 17.1 Å². The van der Waals surface area contributed by atoms with Gasteiger partial charge in [0.15, 0.2) is 0 Å². The monoisotopic (exact) mass is 869 g/mol. The minimum atomic E-state index is -0.538. The van der Waals surface area contributed by atoms with Crippen LogP contribution in [0, 0.1) is 0 Å². The molecule has 0 aliphatic carbocycles.